The lowest BCUT2D eigenvalue weighted by Crippen LogP contribution is -2.50. The highest BCUT2D eigenvalue weighted by atomic mass is 16.5. The lowest BCUT2D eigenvalue weighted by molar-refractivity contribution is -0.156. The first-order valence-electron chi connectivity index (χ1n) is 13.7. The Bertz CT molecular complexity index is 770. The van der Waals surface area contributed by atoms with Crippen LogP contribution in [0.4, 0.5) is 0 Å². The van der Waals surface area contributed by atoms with Crippen LogP contribution in [0.5, 0.6) is 0 Å². The smallest absolute Gasteiger partial charge is 0.317 e. The molecule has 4 rings (SSSR count). The number of hydrogen-bond donors (Lipinski definition) is 1. The number of ether oxygens (including phenoxy) is 1. The minimum Gasteiger partial charge on any atom is -0.481 e. The fourth-order valence-corrected chi connectivity index (χ4v) is 8.61. The lowest BCUT2D eigenvalue weighted by atomic mass is 9.47. The molecule has 0 aliphatic heterocycles. The van der Waals surface area contributed by atoms with E-state index in [0.717, 1.165) is 48.9 Å². The molecule has 0 aromatic heterocycles. The normalized spacial score (nSPS) is 39.9. The fraction of sp³-hybridized carbons (Fsp3) is 0.862. The average molecular weight is 459 g/mol. The van der Waals surface area contributed by atoms with Crippen LogP contribution < -0.4 is 0 Å². The number of unbranched alkanes of at least 4 members (excludes halogenated alkanes) is 1. The molecule has 3 fully saturated rings. The standard InChI is InChI=1S/C29H46O4/c1-19(2)7-5-6-8-20-10-12-24-23-11-9-21-17-22(33-27(32)18-26(30)31)13-15-29(21,4)25(23)14-16-28(20,24)3/h9,19-20,22-25H,5-8,10-18H2,1-4H3,(H,30,31). The van der Waals surface area contributed by atoms with Gasteiger partial charge in [0, 0.05) is 6.42 Å². The maximum absolute atomic E-state index is 11.9. The minimum absolute atomic E-state index is 0.150. The Morgan fingerprint density at radius 1 is 1.09 bits per heavy atom. The summed E-state index contributed by atoms with van der Waals surface area (Å²) in [7, 11) is 0. The predicted octanol–water partition coefficient (Wildman–Crippen LogP) is 7.17. The van der Waals surface area contributed by atoms with Gasteiger partial charge >= 0.3 is 11.9 Å². The molecule has 186 valence electrons. The average Bonchev–Trinajstić information content (AvgIpc) is 3.07. The van der Waals surface area contributed by atoms with Gasteiger partial charge in [0.1, 0.15) is 12.5 Å². The summed E-state index contributed by atoms with van der Waals surface area (Å²) in [6.07, 6.45) is 16.9. The second kappa shape index (κ2) is 9.74. The zero-order chi connectivity index (χ0) is 23.8. The predicted molar refractivity (Wildman–Crippen MR) is 131 cm³/mol. The topological polar surface area (TPSA) is 63.6 Å². The van der Waals surface area contributed by atoms with Gasteiger partial charge in [0.2, 0.25) is 0 Å². The van der Waals surface area contributed by atoms with Crippen molar-refractivity contribution in [2.24, 2.45) is 40.4 Å². The summed E-state index contributed by atoms with van der Waals surface area (Å²) in [5.74, 6) is 2.47. The van der Waals surface area contributed by atoms with Crippen molar-refractivity contribution in [3.63, 3.8) is 0 Å². The van der Waals surface area contributed by atoms with E-state index >= 15 is 0 Å². The van der Waals surface area contributed by atoms with E-state index in [0.29, 0.717) is 5.41 Å². The molecule has 7 atom stereocenters. The van der Waals surface area contributed by atoms with Crippen molar-refractivity contribution in [2.75, 3.05) is 0 Å². The van der Waals surface area contributed by atoms with E-state index in [4.69, 9.17) is 9.84 Å². The largest absolute Gasteiger partial charge is 0.481 e. The van der Waals surface area contributed by atoms with E-state index < -0.39 is 18.4 Å². The summed E-state index contributed by atoms with van der Waals surface area (Å²) < 4.78 is 5.53. The van der Waals surface area contributed by atoms with Crippen LogP contribution in [0.15, 0.2) is 11.6 Å². The van der Waals surface area contributed by atoms with Gasteiger partial charge in [0.05, 0.1) is 0 Å². The van der Waals surface area contributed by atoms with Crippen LogP contribution in [0.2, 0.25) is 0 Å². The van der Waals surface area contributed by atoms with Crippen LogP contribution in [0.25, 0.3) is 0 Å². The molecular weight excluding hydrogens is 412 g/mol. The summed E-state index contributed by atoms with van der Waals surface area (Å²) in [6.45, 7) is 9.79. The van der Waals surface area contributed by atoms with Crippen molar-refractivity contribution in [1.82, 2.24) is 0 Å². The van der Waals surface area contributed by atoms with E-state index in [-0.39, 0.29) is 11.5 Å². The molecule has 4 aliphatic carbocycles. The first-order chi connectivity index (χ1) is 15.6. The molecule has 1 N–H and O–H groups in total. The van der Waals surface area contributed by atoms with E-state index in [1.807, 2.05) is 0 Å². The van der Waals surface area contributed by atoms with E-state index in [9.17, 15) is 9.59 Å². The summed E-state index contributed by atoms with van der Waals surface area (Å²) in [5.41, 5.74) is 2.24. The van der Waals surface area contributed by atoms with Gasteiger partial charge in [-0.25, -0.2) is 0 Å². The molecule has 3 saturated carbocycles. The second-order valence-electron chi connectivity index (χ2n) is 12.7. The number of aliphatic carboxylic acids is 1. The van der Waals surface area contributed by atoms with Gasteiger partial charge in [-0.15, -0.1) is 0 Å². The molecule has 4 nitrogen and oxygen atoms in total. The molecule has 33 heavy (non-hydrogen) atoms. The number of fused-ring (bicyclic) bond motifs is 5. The van der Waals surface area contributed by atoms with Gasteiger partial charge in [0.25, 0.3) is 0 Å². The SMILES string of the molecule is CC(C)CCCCC1CCC2C3CC=C4CC(OC(=O)CC(=O)O)CCC4(C)C3CCC12C. The molecule has 0 heterocycles. The van der Waals surface area contributed by atoms with Crippen LogP contribution in [-0.2, 0) is 14.3 Å². The first-order valence-corrected chi connectivity index (χ1v) is 13.7. The van der Waals surface area contributed by atoms with Crippen molar-refractivity contribution in [3.8, 4) is 0 Å². The van der Waals surface area contributed by atoms with E-state index in [2.05, 4.69) is 33.8 Å². The number of rotatable bonds is 8. The molecule has 0 saturated heterocycles. The highest BCUT2D eigenvalue weighted by Crippen LogP contribution is 2.66. The van der Waals surface area contributed by atoms with Gasteiger partial charge in [-0.05, 0) is 91.8 Å². The van der Waals surface area contributed by atoms with Crippen LogP contribution in [0.3, 0.4) is 0 Å². The van der Waals surface area contributed by atoms with Crippen LogP contribution in [0, 0.1) is 40.4 Å². The number of carboxylic acid groups (broad SMARTS) is 1. The third-order valence-corrected chi connectivity index (χ3v) is 10.4. The third kappa shape index (κ3) is 4.91. The zero-order valence-electron chi connectivity index (χ0n) is 21.4. The molecule has 0 bridgehead atoms. The molecular formula is C29H46O4. The molecule has 0 spiro atoms. The number of hydrogen-bond acceptors (Lipinski definition) is 3. The maximum Gasteiger partial charge on any atom is 0.317 e. The van der Waals surface area contributed by atoms with Gasteiger partial charge in [0.15, 0.2) is 0 Å². The Morgan fingerprint density at radius 2 is 1.88 bits per heavy atom. The van der Waals surface area contributed by atoms with E-state index in [1.54, 1.807) is 0 Å². The first kappa shape index (κ1) is 24.8. The Labute approximate surface area is 200 Å². The van der Waals surface area contributed by atoms with E-state index in [1.165, 1.54) is 63.4 Å². The van der Waals surface area contributed by atoms with Crippen molar-refractivity contribution in [2.45, 2.75) is 117 Å². The number of allylic oxidation sites excluding steroid dienone is 1. The molecule has 0 aromatic carbocycles. The minimum atomic E-state index is -1.11. The number of carbonyl (C=O) groups excluding carboxylic acids is 1. The number of carbonyl (C=O) groups is 2. The highest BCUT2D eigenvalue weighted by Gasteiger charge is 2.58. The lowest BCUT2D eigenvalue weighted by Gasteiger charge is -2.58. The monoisotopic (exact) mass is 458 g/mol. The van der Waals surface area contributed by atoms with Crippen LogP contribution >= 0.6 is 0 Å². The summed E-state index contributed by atoms with van der Waals surface area (Å²) >= 11 is 0. The molecule has 4 aliphatic rings. The molecule has 0 aromatic rings. The quantitative estimate of drug-likeness (QED) is 0.181. The number of carboxylic acids is 1. The summed E-state index contributed by atoms with van der Waals surface area (Å²) in [5, 5.41) is 8.86. The Kier molecular flexibility index (Phi) is 7.32. The summed E-state index contributed by atoms with van der Waals surface area (Å²) in [6, 6.07) is 0. The fourth-order valence-electron chi connectivity index (χ4n) is 8.61. The maximum atomic E-state index is 11.9. The second-order valence-corrected chi connectivity index (χ2v) is 12.7. The molecule has 0 radical (unpaired) electrons. The Hall–Kier alpha value is -1.32. The zero-order valence-corrected chi connectivity index (χ0v) is 21.4. The van der Waals surface area contributed by atoms with Crippen LogP contribution in [0.1, 0.15) is 111 Å². The molecule has 7 unspecified atom stereocenters. The summed E-state index contributed by atoms with van der Waals surface area (Å²) in [4.78, 5) is 22.7. The molecule has 0 amide bonds. The third-order valence-electron chi connectivity index (χ3n) is 10.4. The van der Waals surface area contributed by atoms with Crippen molar-refractivity contribution in [3.05, 3.63) is 11.6 Å². The van der Waals surface area contributed by atoms with Gasteiger partial charge in [-0.1, -0.05) is 58.6 Å². The van der Waals surface area contributed by atoms with Gasteiger partial charge in [-0.2, -0.15) is 0 Å². The Morgan fingerprint density at radius 3 is 2.61 bits per heavy atom. The highest BCUT2D eigenvalue weighted by molar-refractivity contribution is 5.90. The van der Waals surface area contributed by atoms with Gasteiger partial charge < -0.3 is 9.84 Å². The van der Waals surface area contributed by atoms with Gasteiger partial charge in [-0.3, -0.25) is 9.59 Å². The number of esters is 1. The van der Waals surface area contributed by atoms with Crippen molar-refractivity contribution in [1.29, 1.82) is 0 Å². The van der Waals surface area contributed by atoms with Crippen LogP contribution in [-0.4, -0.2) is 23.1 Å². The molecule has 4 heteroatoms. The Balaban J connectivity index is 1.40. The van der Waals surface area contributed by atoms with Crippen molar-refractivity contribution >= 4 is 11.9 Å². The van der Waals surface area contributed by atoms with Crippen molar-refractivity contribution < 1.29 is 19.4 Å².